The van der Waals surface area contributed by atoms with E-state index >= 15 is 0 Å². The maximum Gasteiger partial charge on any atom is 0.243 e. The molecule has 0 saturated carbocycles. The van der Waals surface area contributed by atoms with Crippen LogP contribution < -0.4 is 5.73 Å². The first kappa shape index (κ1) is 15.0. The summed E-state index contributed by atoms with van der Waals surface area (Å²) < 4.78 is 10.6. The molecule has 0 bridgehead atoms. The summed E-state index contributed by atoms with van der Waals surface area (Å²) in [6.07, 6.45) is 1.65. The molecule has 3 rings (SSSR count). The van der Waals surface area contributed by atoms with E-state index in [0.29, 0.717) is 18.9 Å². The Morgan fingerprint density at radius 1 is 1.30 bits per heavy atom. The summed E-state index contributed by atoms with van der Waals surface area (Å²) in [5.74, 6) is 1.48. The van der Waals surface area contributed by atoms with Crippen molar-refractivity contribution in [2.24, 2.45) is 5.73 Å². The molecule has 6 heteroatoms. The van der Waals surface area contributed by atoms with Gasteiger partial charge in [0.25, 0.3) is 0 Å². The summed E-state index contributed by atoms with van der Waals surface area (Å²) in [7, 11) is 0. The van der Waals surface area contributed by atoms with Crippen LogP contribution in [0, 0.1) is 0 Å². The van der Waals surface area contributed by atoms with Crippen LogP contribution in [0.15, 0.2) is 34.9 Å². The van der Waals surface area contributed by atoms with E-state index in [1.54, 1.807) is 0 Å². The Morgan fingerprint density at radius 3 is 2.80 bits per heavy atom. The molecule has 0 aliphatic carbocycles. The number of aromatic nitrogens is 2. The Balaban J connectivity index is 0.00000147. The normalized spacial score (nSPS) is 19.6. The minimum Gasteiger partial charge on any atom is -0.381 e. The molecular formula is C14H18ClN3O2. The topological polar surface area (TPSA) is 74.2 Å². The number of benzene rings is 1. The predicted octanol–water partition coefficient (Wildman–Crippen LogP) is 2.24. The van der Waals surface area contributed by atoms with Crippen LogP contribution in [0.5, 0.6) is 0 Å². The van der Waals surface area contributed by atoms with Gasteiger partial charge in [0.05, 0.1) is 12.6 Å². The molecule has 1 aliphatic rings. The summed E-state index contributed by atoms with van der Waals surface area (Å²) in [4.78, 5) is 4.41. The zero-order valence-corrected chi connectivity index (χ0v) is 11.9. The minimum atomic E-state index is -0.258. The maximum absolute atomic E-state index is 6.11. The molecule has 1 saturated heterocycles. The van der Waals surface area contributed by atoms with Crippen LogP contribution in [0.1, 0.15) is 35.7 Å². The number of rotatable bonds is 4. The van der Waals surface area contributed by atoms with Crippen LogP contribution in [0.2, 0.25) is 0 Å². The van der Waals surface area contributed by atoms with Crippen molar-refractivity contribution in [2.75, 3.05) is 13.2 Å². The second-order valence-corrected chi connectivity index (χ2v) is 4.85. The van der Waals surface area contributed by atoms with Crippen LogP contribution in [-0.4, -0.2) is 23.4 Å². The van der Waals surface area contributed by atoms with Crippen molar-refractivity contribution in [3.8, 4) is 0 Å². The van der Waals surface area contributed by atoms with Crippen molar-refractivity contribution in [1.82, 2.24) is 10.1 Å². The molecule has 1 unspecified atom stereocenters. The van der Waals surface area contributed by atoms with Gasteiger partial charge in [-0.05, 0) is 18.4 Å². The van der Waals surface area contributed by atoms with Crippen LogP contribution in [-0.2, 0) is 11.2 Å². The minimum absolute atomic E-state index is 0. The van der Waals surface area contributed by atoms with E-state index in [0.717, 1.165) is 18.9 Å². The number of halogens is 1. The molecule has 1 aromatic carbocycles. The lowest BCUT2D eigenvalue weighted by molar-refractivity contribution is 0.192. The lowest BCUT2D eigenvalue weighted by Crippen LogP contribution is -2.14. The lowest BCUT2D eigenvalue weighted by atomic mass is 10.1. The maximum atomic E-state index is 6.11. The van der Waals surface area contributed by atoms with Crippen molar-refractivity contribution < 1.29 is 9.26 Å². The summed E-state index contributed by atoms with van der Waals surface area (Å²) in [5.41, 5.74) is 7.28. The fourth-order valence-electron chi connectivity index (χ4n) is 2.26. The molecule has 2 atom stereocenters. The van der Waals surface area contributed by atoms with Gasteiger partial charge in [-0.15, -0.1) is 12.4 Å². The van der Waals surface area contributed by atoms with Gasteiger partial charge in [-0.2, -0.15) is 4.98 Å². The van der Waals surface area contributed by atoms with Crippen molar-refractivity contribution in [3.05, 3.63) is 47.6 Å². The van der Waals surface area contributed by atoms with E-state index in [9.17, 15) is 0 Å². The molecule has 108 valence electrons. The van der Waals surface area contributed by atoms with Crippen molar-refractivity contribution in [3.63, 3.8) is 0 Å². The molecule has 5 nitrogen and oxygen atoms in total. The van der Waals surface area contributed by atoms with E-state index in [1.165, 1.54) is 5.56 Å². The smallest absolute Gasteiger partial charge is 0.243 e. The summed E-state index contributed by atoms with van der Waals surface area (Å²) >= 11 is 0. The molecule has 2 N–H and O–H groups in total. The number of hydrogen-bond donors (Lipinski definition) is 1. The highest BCUT2D eigenvalue weighted by atomic mass is 35.5. The summed E-state index contributed by atoms with van der Waals surface area (Å²) in [6, 6.07) is 9.81. The zero-order valence-electron chi connectivity index (χ0n) is 11.1. The predicted molar refractivity (Wildman–Crippen MR) is 76.8 cm³/mol. The highest BCUT2D eigenvalue weighted by molar-refractivity contribution is 5.85. The molecule has 0 amide bonds. The van der Waals surface area contributed by atoms with Gasteiger partial charge >= 0.3 is 0 Å². The first-order valence-corrected chi connectivity index (χ1v) is 6.53. The highest BCUT2D eigenvalue weighted by Crippen LogP contribution is 2.24. The number of ether oxygens (including phenoxy) is 1. The van der Waals surface area contributed by atoms with Crippen molar-refractivity contribution in [2.45, 2.75) is 24.8 Å². The molecular weight excluding hydrogens is 278 g/mol. The van der Waals surface area contributed by atoms with Gasteiger partial charge in [-0.1, -0.05) is 35.5 Å². The van der Waals surface area contributed by atoms with Gasteiger partial charge in [0.15, 0.2) is 5.82 Å². The van der Waals surface area contributed by atoms with Gasteiger partial charge in [0.2, 0.25) is 5.89 Å². The van der Waals surface area contributed by atoms with Crippen LogP contribution in [0.3, 0.4) is 0 Å². The van der Waals surface area contributed by atoms with Crippen LogP contribution in [0.25, 0.3) is 0 Å². The van der Waals surface area contributed by atoms with Gasteiger partial charge in [0, 0.05) is 12.5 Å². The average Bonchev–Trinajstić information content (AvgIpc) is 3.11. The Morgan fingerprint density at radius 2 is 2.10 bits per heavy atom. The second-order valence-electron chi connectivity index (χ2n) is 4.85. The van der Waals surface area contributed by atoms with E-state index in [4.69, 9.17) is 15.0 Å². The standard InChI is InChI=1S/C14H17N3O2.ClH/c15-12(8-10-4-2-1-3-5-10)14-16-13(17-19-14)11-6-7-18-9-11;/h1-5,11-12H,6-9,15H2;1H/t11?,12-;/m0./s1. The summed E-state index contributed by atoms with van der Waals surface area (Å²) in [6.45, 7) is 1.44. The van der Waals surface area contributed by atoms with Crippen molar-refractivity contribution in [1.29, 1.82) is 0 Å². The van der Waals surface area contributed by atoms with E-state index in [-0.39, 0.29) is 24.4 Å². The number of nitrogens with two attached hydrogens (primary N) is 1. The average molecular weight is 296 g/mol. The fraction of sp³-hybridized carbons (Fsp3) is 0.429. The lowest BCUT2D eigenvalue weighted by Gasteiger charge is -2.06. The molecule has 1 aliphatic heterocycles. The van der Waals surface area contributed by atoms with E-state index in [2.05, 4.69) is 10.1 Å². The molecule has 0 spiro atoms. The number of hydrogen-bond acceptors (Lipinski definition) is 5. The fourth-order valence-corrected chi connectivity index (χ4v) is 2.26. The molecule has 2 heterocycles. The van der Waals surface area contributed by atoms with Gasteiger partial charge in [-0.3, -0.25) is 0 Å². The molecule has 0 radical (unpaired) electrons. The summed E-state index contributed by atoms with van der Waals surface area (Å²) in [5, 5.41) is 4.01. The van der Waals surface area contributed by atoms with E-state index < -0.39 is 0 Å². The largest absolute Gasteiger partial charge is 0.381 e. The molecule has 20 heavy (non-hydrogen) atoms. The zero-order chi connectivity index (χ0) is 13.1. The second kappa shape index (κ2) is 6.83. The van der Waals surface area contributed by atoms with Crippen molar-refractivity contribution >= 4 is 12.4 Å². The third-order valence-corrected chi connectivity index (χ3v) is 3.37. The third-order valence-electron chi connectivity index (χ3n) is 3.37. The van der Waals surface area contributed by atoms with E-state index in [1.807, 2.05) is 30.3 Å². The molecule has 1 fully saturated rings. The first-order chi connectivity index (χ1) is 9.33. The Labute approximate surface area is 123 Å². The first-order valence-electron chi connectivity index (χ1n) is 6.53. The van der Waals surface area contributed by atoms with Gasteiger partial charge < -0.3 is 15.0 Å². The SMILES string of the molecule is Cl.N[C@@H](Cc1ccccc1)c1nc(C2CCOC2)no1. The van der Waals surface area contributed by atoms with Gasteiger partial charge in [-0.25, -0.2) is 0 Å². The number of nitrogens with zero attached hydrogens (tertiary/aromatic N) is 2. The molecule has 1 aromatic heterocycles. The third kappa shape index (κ3) is 3.36. The Bertz CT molecular complexity index is 526. The Hall–Kier alpha value is -1.43. The Kier molecular flexibility index (Phi) is 5.11. The molecule has 2 aromatic rings. The highest BCUT2D eigenvalue weighted by Gasteiger charge is 2.24. The van der Waals surface area contributed by atoms with Crippen LogP contribution in [0.4, 0.5) is 0 Å². The monoisotopic (exact) mass is 295 g/mol. The quantitative estimate of drug-likeness (QED) is 0.936. The van der Waals surface area contributed by atoms with Crippen LogP contribution >= 0.6 is 12.4 Å². The van der Waals surface area contributed by atoms with Gasteiger partial charge in [0.1, 0.15) is 0 Å².